The monoisotopic (exact) mass is 263 g/mol. The Hall–Kier alpha value is 0.0569. The first-order valence-electron chi connectivity index (χ1n) is 6.79. The van der Waals surface area contributed by atoms with Crippen molar-refractivity contribution in [2.24, 2.45) is 5.73 Å². The van der Waals surface area contributed by atoms with Crippen LogP contribution in [0.25, 0.3) is 0 Å². The Morgan fingerprint density at radius 1 is 1.12 bits per heavy atom. The summed E-state index contributed by atoms with van der Waals surface area (Å²) in [7, 11) is -2.45. The maximum absolute atomic E-state index is 6.10. The molecule has 0 aromatic heterocycles. The van der Waals surface area contributed by atoms with E-state index >= 15 is 0 Å². The maximum atomic E-state index is 6.10. The summed E-state index contributed by atoms with van der Waals surface area (Å²) in [6.45, 7) is 10.2. The molecule has 0 aromatic carbocycles. The average molecular weight is 263 g/mol. The summed E-state index contributed by atoms with van der Waals surface area (Å²) < 4.78 is 17.7. The van der Waals surface area contributed by atoms with Crippen LogP contribution in [0.3, 0.4) is 0 Å². The molecule has 0 spiro atoms. The van der Waals surface area contributed by atoms with Crippen LogP contribution in [-0.2, 0) is 13.3 Å². The van der Waals surface area contributed by atoms with Crippen LogP contribution in [0.1, 0.15) is 47.0 Å². The molecule has 1 atom stereocenters. The predicted molar refractivity (Wildman–Crippen MR) is 72.9 cm³/mol. The number of nitrogens with two attached hydrogens (primary N) is 1. The van der Waals surface area contributed by atoms with E-state index in [0.29, 0.717) is 19.8 Å². The highest BCUT2D eigenvalue weighted by Crippen LogP contribution is 2.21. The summed E-state index contributed by atoms with van der Waals surface area (Å²) in [4.78, 5) is 0. The molecule has 0 radical (unpaired) electrons. The van der Waals surface area contributed by atoms with Crippen molar-refractivity contribution < 1.29 is 13.3 Å². The minimum Gasteiger partial charge on any atom is -0.374 e. The normalized spacial score (nSPS) is 13.9. The van der Waals surface area contributed by atoms with Gasteiger partial charge in [0, 0.05) is 25.4 Å². The van der Waals surface area contributed by atoms with Crippen LogP contribution in [0.4, 0.5) is 0 Å². The van der Waals surface area contributed by atoms with Crippen molar-refractivity contribution in [1.82, 2.24) is 0 Å². The van der Waals surface area contributed by atoms with Gasteiger partial charge in [0.1, 0.15) is 0 Å². The molecule has 4 nitrogen and oxygen atoms in total. The fourth-order valence-electron chi connectivity index (χ4n) is 1.83. The Kier molecular flexibility index (Phi) is 10.1. The molecule has 5 heteroatoms. The van der Waals surface area contributed by atoms with E-state index < -0.39 is 8.80 Å². The molecule has 0 aliphatic rings. The third-order valence-electron chi connectivity index (χ3n) is 2.48. The summed E-state index contributed by atoms with van der Waals surface area (Å²) in [5.74, 6) is 0. The molecule has 0 aliphatic carbocycles. The van der Waals surface area contributed by atoms with E-state index in [4.69, 9.17) is 19.0 Å². The van der Waals surface area contributed by atoms with Crippen LogP contribution >= 0.6 is 0 Å². The van der Waals surface area contributed by atoms with E-state index in [0.717, 1.165) is 25.3 Å². The summed E-state index contributed by atoms with van der Waals surface area (Å²) >= 11 is 0. The smallest absolute Gasteiger partial charge is 0.374 e. The van der Waals surface area contributed by atoms with Gasteiger partial charge in [-0.1, -0.05) is 13.3 Å². The van der Waals surface area contributed by atoms with Gasteiger partial charge in [-0.15, -0.1) is 0 Å². The highest BCUT2D eigenvalue weighted by atomic mass is 28.4. The van der Waals surface area contributed by atoms with Crippen molar-refractivity contribution >= 4 is 8.80 Å². The first kappa shape index (κ1) is 17.1. The van der Waals surface area contributed by atoms with Crippen molar-refractivity contribution in [1.29, 1.82) is 0 Å². The second-order valence-electron chi connectivity index (χ2n) is 4.16. The molecule has 0 heterocycles. The Morgan fingerprint density at radius 2 is 1.71 bits per heavy atom. The van der Waals surface area contributed by atoms with Gasteiger partial charge in [-0.2, -0.15) is 0 Å². The lowest BCUT2D eigenvalue weighted by Crippen LogP contribution is -2.48. The fourth-order valence-corrected chi connectivity index (χ4v) is 4.68. The predicted octanol–water partition coefficient (Wildman–Crippen LogP) is 2.55. The van der Waals surface area contributed by atoms with E-state index in [1.165, 1.54) is 0 Å². The van der Waals surface area contributed by atoms with E-state index in [-0.39, 0.29) is 6.10 Å². The topological polar surface area (TPSA) is 53.7 Å². The summed E-state index contributed by atoms with van der Waals surface area (Å²) in [5, 5.41) is 0. The molecular weight excluding hydrogens is 234 g/mol. The Labute approximate surface area is 107 Å². The molecule has 0 amide bonds. The lowest BCUT2D eigenvalue weighted by Gasteiger charge is -2.31. The zero-order chi connectivity index (χ0) is 13.1. The highest BCUT2D eigenvalue weighted by Gasteiger charge is 2.41. The highest BCUT2D eigenvalue weighted by molar-refractivity contribution is 6.60. The Bertz CT molecular complexity index is 164. The van der Waals surface area contributed by atoms with Crippen LogP contribution in [0.15, 0.2) is 0 Å². The lowest BCUT2D eigenvalue weighted by atomic mass is 10.2. The van der Waals surface area contributed by atoms with Gasteiger partial charge in [-0.05, 0) is 40.2 Å². The van der Waals surface area contributed by atoms with Gasteiger partial charge < -0.3 is 19.0 Å². The molecule has 0 bridgehead atoms. The summed E-state index contributed by atoms with van der Waals surface area (Å²) in [5.41, 5.74) is 5.51. The van der Waals surface area contributed by atoms with Crippen LogP contribution in [0, 0.1) is 0 Å². The van der Waals surface area contributed by atoms with Gasteiger partial charge in [0.2, 0.25) is 0 Å². The van der Waals surface area contributed by atoms with Crippen molar-refractivity contribution in [3.05, 3.63) is 0 Å². The molecule has 0 saturated heterocycles. The molecule has 0 aliphatic heterocycles. The molecule has 0 saturated carbocycles. The van der Waals surface area contributed by atoms with Crippen LogP contribution in [0.5, 0.6) is 0 Å². The number of hydrogen-bond acceptors (Lipinski definition) is 4. The van der Waals surface area contributed by atoms with Crippen LogP contribution in [0.2, 0.25) is 6.04 Å². The summed E-state index contributed by atoms with van der Waals surface area (Å²) in [6.07, 6.45) is 3.14. The Balaban J connectivity index is 4.40. The van der Waals surface area contributed by atoms with Crippen LogP contribution < -0.4 is 5.73 Å². The Morgan fingerprint density at radius 3 is 2.12 bits per heavy atom. The van der Waals surface area contributed by atoms with Gasteiger partial charge in [-0.25, -0.2) is 0 Å². The summed E-state index contributed by atoms with van der Waals surface area (Å²) in [6, 6.07) is 0.891. The number of rotatable bonds is 11. The zero-order valence-electron chi connectivity index (χ0n) is 11.8. The minimum absolute atomic E-state index is 0.162. The maximum Gasteiger partial charge on any atom is 0.501 e. The lowest BCUT2D eigenvalue weighted by molar-refractivity contribution is 0.0351. The standard InChI is InChI=1S/C12H29NO3Si/c1-5-11-17(14-6-2,15-7-3)16-12(4)9-8-10-13/h12H,5-11,13H2,1-4H3. The first-order chi connectivity index (χ1) is 8.14. The molecule has 0 rings (SSSR count). The third kappa shape index (κ3) is 7.16. The van der Waals surface area contributed by atoms with Gasteiger partial charge in [0.05, 0.1) is 0 Å². The molecule has 104 valence electrons. The molecule has 2 N–H and O–H groups in total. The van der Waals surface area contributed by atoms with E-state index in [1.807, 2.05) is 13.8 Å². The fraction of sp³-hybridized carbons (Fsp3) is 1.00. The van der Waals surface area contributed by atoms with Crippen molar-refractivity contribution in [3.63, 3.8) is 0 Å². The largest absolute Gasteiger partial charge is 0.501 e. The van der Waals surface area contributed by atoms with Crippen molar-refractivity contribution in [2.45, 2.75) is 59.1 Å². The van der Waals surface area contributed by atoms with Gasteiger partial charge >= 0.3 is 8.80 Å². The molecule has 0 fully saturated rings. The number of hydrogen-bond donors (Lipinski definition) is 1. The van der Waals surface area contributed by atoms with E-state index in [9.17, 15) is 0 Å². The molecule has 17 heavy (non-hydrogen) atoms. The SMILES string of the molecule is CCC[Si](OCC)(OCC)OC(C)CCCN. The molecular formula is C12H29NO3Si. The molecule has 0 aromatic rings. The average Bonchev–Trinajstić information content (AvgIpc) is 2.27. The quantitative estimate of drug-likeness (QED) is 0.582. The van der Waals surface area contributed by atoms with Gasteiger partial charge in [0.15, 0.2) is 0 Å². The first-order valence-corrected chi connectivity index (χ1v) is 8.73. The molecule has 1 unspecified atom stereocenters. The second kappa shape index (κ2) is 10.0. The van der Waals surface area contributed by atoms with E-state index in [2.05, 4.69) is 13.8 Å². The van der Waals surface area contributed by atoms with Crippen molar-refractivity contribution in [2.75, 3.05) is 19.8 Å². The van der Waals surface area contributed by atoms with E-state index in [1.54, 1.807) is 0 Å². The van der Waals surface area contributed by atoms with Gasteiger partial charge in [0.25, 0.3) is 0 Å². The zero-order valence-corrected chi connectivity index (χ0v) is 12.8. The van der Waals surface area contributed by atoms with Crippen molar-refractivity contribution in [3.8, 4) is 0 Å². The minimum atomic E-state index is -2.45. The second-order valence-corrected chi connectivity index (χ2v) is 6.84. The van der Waals surface area contributed by atoms with Crippen LogP contribution in [-0.4, -0.2) is 34.7 Å². The third-order valence-corrected chi connectivity index (χ3v) is 5.81. The van der Waals surface area contributed by atoms with Gasteiger partial charge in [-0.3, -0.25) is 0 Å².